The summed E-state index contributed by atoms with van der Waals surface area (Å²) in [5.41, 5.74) is 10.4. The Labute approximate surface area is 216 Å². The largest absolute Gasteiger partial charge is 0.494 e. The van der Waals surface area contributed by atoms with Crippen molar-refractivity contribution in [3.05, 3.63) is 42.1 Å². The Bertz CT molecular complexity index is 1440. The van der Waals surface area contributed by atoms with E-state index in [4.69, 9.17) is 15.5 Å². The number of imidazole rings is 1. The summed E-state index contributed by atoms with van der Waals surface area (Å²) in [5.74, 6) is 2.16. The summed E-state index contributed by atoms with van der Waals surface area (Å²) in [6, 6.07) is 10.1. The number of nitrogens with zero attached hydrogens (tertiary/aromatic N) is 5. The number of benzene rings is 1. The lowest BCUT2D eigenvalue weighted by molar-refractivity contribution is 0.0612. The van der Waals surface area contributed by atoms with Gasteiger partial charge in [0.2, 0.25) is 0 Å². The van der Waals surface area contributed by atoms with E-state index in [1.54, 1.807) is 7.11 Å². The van der Waals surface area contributed by atoms with Gasteiger partial charge in [-0.25, -0.2) is 9.97 Å². The van der Waals surface area contributed by atoms with Crippen LogP contribution in [0.5, 0.6) is 5.75 Å². The summed E-state index contributed by atoms with van der Waals surface area (Å²) in [5, 5.41) is 1.11. The predicted molar refractivity (Wildman–Crippen MR) is 144 cm³/mol. The Morgan fingerprint density at radius 3 is 2.75 bits per heavy atom. The van der Waals surface area contributed by atoms with Crippen molar-refractivity contribution in [1.29, 1.82) is 0 Å². The van der Waals surface area contributed by atoms with Crippen LogP contribution in [0.1, 0.15) is 43.0 Å². The molecule has 1 aliphatic carbocycles. The van der Waals surface area contributed by atoms with Crippen LogP contribution in [0.25, 0.3) is 33.6 Å². The molecule has 2 fully saturated rings. The number of carbonyl (C=O) groups is 1. The molecule has 1 saturated heterocycles. The average molecular weight is 509 g/mol. The van der Waals surface area contributed by atoms with Gasteiger partial charge >= 0.3 is 0 Å². The number of fused-ring (bicyclic) bond motifs is 2. The molecule has 2 atom stereocenters. The zero-order valence-electron chi connectivity index (χ0n) is 21.0. The van der Waals surface area contributed by atoms with Crippen molar-refractivity contribution < 1.29 is 9.53 Å². The molecule has 9 heteroatoms. The first kappa shape index (κ1) is 24.6. The van der Waals surface area contributed by atoms with Gasteiger partial charge in [0.1, 0.15) is 16.9 Å². The second-order valence-electron chi connectivity index (χ2n) is 10.2. The van der Waals surface area contributed by atoms with Crippen LogP contribution in [-0.2, 0) is 13.6 Å². The van der Waals surface area contributed by atoms with Crippen molar-refractivity contribution in [2.75, 3.05) is 13.7 Å². The Hall–Kier alpha value is -3.10. The van der Waals surface area contributed by atoms with Crippen molar-refractivity contribution >= 4 is 40.4 Å². The van der Waals surface area contributed by atoms with E-state index in [-0.39, 0.29) is 30.4 Å². The monoisotopic (exact) mass is 508 g/mol. The summed E-state index contributed by atoms with van der Waals surface area (Å²) in [7, 11) is 3.65. The van der Waals surface area contributed by atoms with Gasteiger partial charge in [0.05, 0.1) is 18.3 Å². The van der Waals surface area contributed by atoms with Crippen LogP contribution in [0.4, 0.5) is 0 Å². The van der Waals surface area contributed by atoms with Gasteiger partial charge in [0.15, 0.2) is 5.82 Å². The van der Waals surface area contributed by atoms with E-state index < -0.39 is 0 Å². The standard InChI is InChI=1S/C27H32N6O2.ClH/c1-16-6-9-20(28)15-32(16)27(34)19-11-21-24(23(13-19)35-3)31(2)26(30-21)22-12-18-5-4-10-29-25(18)33(22)14-17-7-8-17;/h4-5,10-13,16-17,20H,6-9,14-15,28H2,1-3H3;1H. The van der Waals surface area contributed by atoms with Gasteiger partial charge in [-0.3, -0.25) is 4.79 Å². The number of halogens is 1. The number of rotatable bonds is 5. The van der Waals surface area contributed by atoms with E-state index in [0.29, 0.717) is 23.8 Å². The zero-order valence-corrected chi connectivity index (χ0v) is 21.8. The second-order valence-corrected chi connectivity index (χ2v) is 10.2. The number of methoxy groups -OCH3 is 1. The summed E-state index contributed by atoms with van der Waals surface area (Å²) >= 11 is 0. The molecule has 0 bridgehead atoms. The van der Waals surface area contributed by atoms with Crippen molar-refractivity contribution in [2.24, 2.45) is 18.7 Å². The third-order valence-electron chi connectivity index (χ3n) is 7.60. The maximum absolute atomic E-state index is 13.5. The zero-order chi connectivity index (χ0) is 24.3. The van der Waals surface area contributed by atoms with E-state index in [0.717, 1.165) is 53.0 Å². The maximum atomic E-state index is 13.5. The lowest BCUT2D eigenvalue weighted by Crippen LogP contribution is -2.50. The minimum atomic E-state index is -0.0212. The molecule has 1 aromatic carbocycles. The molecule has 4 heterocycles. The molecule has 2 unspecified atom stereocenters. The fourth-order valence-electron chi connectivity index (χ4n) is 5.42. The van der Waals surface area contributed by atoms with Gasteiger partial charge in [-0.15, -0.1) is 12.4 Å². The molecule has 2 aliphatic rings. The SMILES string of the molecule is COc1cc(C(=O)N2CC(N)CCC2C)cc2nc(-c3cc4cccnc4n3CC3CC3)n(C)c12.Cl. The number of hydrogen-bond acceptors (Lipinski definition) is 5. The van der Waals surface area contributed by atoms with Crippen molar-refractivity contribution in [3.8, 4) is 17.3 Å². The number of pyridine rings is 1. The molecule has 36 heavy (non-hydrogen) atoms. The van der Waals surface area contributed by atoms with Crippen molar-refractivity contribution in [1.82, 2.24) is 24.0 Å². The summed E-state index contributed by atoms with van der Waals surface area (Å²) in [6.07, 6.45) is 6.22. The van der Waals surface area contributed by atoms with Gasteiger partial charge < -0.3 is 24.5 Å². The van der Waals surface area contributed by atoms with E-state index in [9.17, 15) is 4.79 Å². The summed E-state index contributed by atoms with van der Waals surface area (Å²) in [4.78, 5) is 25.1. The van der Waals surface area contributed by atoms with Gasteiger partial charge in [-0.1, -0.05) is 0 Å². The third kappa shape index (κ3) is 4.12. The van der Waals surface area contributed by atoms with Crippen LogP contribution >= 0.6 is 12.4 Å². The molecule has 4 aromatic rings. The first-order valence-electron chi connectivity index (χ1n) is 12.5. The molecule has 3 aromatic heterocycles. The van der Waals surface area contributed by atoms with E-state index >= 15 is 0 Å². The fourth-order valence-corrected chi connectivity index (χ4v) is 5.42. The second kappa shape index (κ2) is 9.41. The lowest BCUT2D eigenvalue weighted by Gasteiger charge is -2.36. The topological polar surface area (TPSA) is 91.2 Å². The molecule has 0 spiro atoms. The Morgan fingerprint density at radius 1 is 1.19 bits per heavy atom. The van der Waals surface area contributed by atoms with E-state index in [1.165, 1.54) is 12.8 Å². The fraction of sp³-hybridized carbons (Fsp3) is 0.444. The molecule has 6 rings (SSSR count). The minimum absolute atomic E-state index is 0. The maximum Gasteiger partial charge on any atom is 0.254 e. The van der Waals surface area contributed by atoms with Crippen LogP contribution in [-0.4, -0.2) is 55.6 Å². The molecule has 1 aliphatic heterocycles. The molecule has 0 radical (unpaired) electrons. The summed E-state index contributed by atoms with van der Waals surface area (Å²) in [6.45, 7) is 3.60. The molecular formula is C27H33ClN6O2. The van der Waals surface area contributed by atoms with Crippen molar-refractivity contribution in [3.63, 3.8) is 0 Å². The Morgan fingerprint density at radius 2 is 2.00 bits per heavy atom. The minimum Gasteiger partial charge on any atom is -0.494 e. The lowest BCUT2D eigenvalue weighted by atomic mass is 9.99. The molecule has 190 valence electrons. The number of likely N-dealkylation sites (tertiary alicyclic amines) is 1. The number of piperidine rings is 1. The number of aryl methyl sites for hydroxylation is 1. The first-order chi connectivity index (χ1) is 16.9. The number of hydrogen-bond donors (Lipinski definition) is 1. The van der Waals surface area contributed by atoms with Crippen LogP contribution in [0, 0.1) is 5.92 Å². The Balaban J connectivity index is 0.00000267. The molecule has 8 nitrogen and oxygen atoms in total. The quantitative estimate of drug-likeness (QED) is 0.432. The van der Waals surface area contributed by atoms with Crippen LogP contribution in [0.2, 0.25) is 0 Å². The predicted octanol–water partition coefficient (Wildman–Crippen LogP) is 4.38. The number of ether oxygens (including phenoxy) is 1. The highest BCUT2D eigenvalue weighted by atomic mass is 35.5. The smallest absolute Gasteiger partial charge is 0.254 e. The molecule has 2 N–H and O–H groups in total. The van der Waals surface area contributed by atoms with Gasteiger partial charge in [-0.2, -0.15) is 0 Å². The molecule has 1 amide bonds. The number of aromatic nitrogens is 4. The summed E-state index contributed by atoms with van der Waals surface area (Å²) < 4.78 is 10.1. The van der Waals surface area contributed by atoms with E-state index in [2.05, 4.69) is 33.2 Å². The molecular weight excluding hydrogens is 476 g/mol. The number of amides is 1. The first-order valence-corrected chi connectivity index (χ1v) is 12.5. The van der Waals surface area contributed by atoms with Gasteiger partial charge in [-0.05, 0) is 68.9 Å². The van der Waals surface area contributed by atoms with Crippen LogP contribution in [0.3, 0.4) is 0 Å². The number of nitrogens with two attached hydrogens (primary N) is 1. The normalized spacial score (nSPS) is 20.1. The highest BCUT2D eigenvalue weighted by Crippen LogP contribution is 2.37. The number of carbonyl (C=O) groups excluding carboxylic acids is 1. The van der Waals surface area contributed by atoms with Gasteiger partial charge in [0.25, 0.3) is 5.91 Å². The molecule has 1 saturated carbocycles. The van der Waals surface area contributed by atoms with Crippen LogP contribution < -0.4 is 10.5 Å². The van der Waals surface area contributed by atoms with Gasteiger partial charge in [0, 0.05) is 49.4 Å². The Kier molecular flexibility index (Phi) is 6.43. The van der Waals surface area contributed by atoms with Crippen LogP contribution in [0.15, 0.2) is 36.5 Å². The van der Waals surface area contributed by atoms with Crippen molar-refractivity contribution in [2.45, 2.75) is 51.2 Å². The van der Waals surface area contributed by atoms with E-state index in [1.807, 2.05) is 36.3 Å². The third-order valence-corrected chi connectivity index (χ3v) is 7.60. The highest BCUT2D eigenvalue weighted by Gasteiger charge is 2.30. The average Bonchev–Trinajstić information content (AvgIpc) is 3.53. The highest BCUT2D eigenvalue weighted by molar-refractivity contribution is 6.00.